The molecule has 0 unspecified atom stereocenters. The van der Waals surface area contributed by atoms with Crippen LogP contribution in [0.2, 0.25) is 0 Å². The fourth-order valence-electron chi connectivity index (χ4n) is 2.96. The lowest BCUT2D eigenvalue weighted by molar-refractivity contribution is -0.142. The Hall–Kier alpha value is -1.06. The lowest BCUT2D eigenvalue weighted by Gasteiger charge is -2.21. The van der Waals surface area contributed by atoms with Gasteiger partial charge in [-0.25, -0.2) is 0 Å². The Kier molecular flexibility index (Phi) is 5.22. The van der Waals surface area contributed by atoms with E-state index in [1.807, 2.05) is 13.8 Å². The maximum atomic E-state index is 10.8. The van der Waals surface area contributed by atoms with E-state index in [-0.39, 0.29) is 35.0 Å². The van der Waals surface area contributed by atoms with E-state index in [1.54, 1.807) is 0 Å². The lowest BCUT2D eigenvalue weighted by Crippen LogP contribution is -2.22. The van der Waals surface area contributed by atoms with E-state index in [4.69, 9.17) is 9.47 Å². The third-order valence-corrected chi connectivity index (χ3v) is 4.23. The Balaban J connectivity index is 0.000000200. The predicted molar refractivity (Wildman–Crippen MR) is 77.1 cm³/mol. The van der Waals surface area contributed by atoms with Crippen LogP contribution >= 0.6 is 0 Å². The molecule has 0 saturated carbocycles. The molecule has 0 N–H and O–H groups in total. The van der Waals surface area contributed by atoms with Crippen molar-refractivity contribution in [1.82, 2.24) is 0 Å². The van der Waals surface area contributed by atoms with Crippen LogP contribution in [-0.4, -0.2) is 24.1 Å². The number of esters is 2. The summed E-state index contributed by atoms with van der Waals surface area (Å²) in [4.78, 5) is 21.6. The largest absolute Gasteiger partial charge is 0.462 e. The Morgan fingerprint density at radius 1 is 0.850 bits per heavy atom. The number of rotatable bonds is 2. The summed E-state index contributed by atoms with van der Waals surface area (Å²) in [5.41, 5.74) is 0.123. The second kappa shape index (κ2) is 6.15. The second-order valence-corrected chi connectivity index (χ2v) is 7.10. The molecule has 2 aliphatic rings. The maximum absolute atomic E-state index is 10.8. The molecule has 2 rings (SSSR count). The predicted octanol–water partition coefficient (Wildman–Crippen LogP) is 3.48. The summed E-state index contributed by atoms with van der Waals surface area (Å²) >= 11 is 0. The molecule has 2 fully saturated rings. The zero-order valence-electron chi connectivity index (χ0n) is 13.6. The third-order valence-electron chi connectivity index (χ3n) is 4.23. The molecule has 0 aromatic carbocycles. The fraction of sp³-hybridized carbons (Fsp3) is 0.875. The molecule has 0 radical (unpaired) electrons. The zero-order chi connectivity index (χ0) is 15.6. The van der Waals surface area contributed by atoms with Crippen molar-refractivity contribution in [3.63, 3.8) is 0 Å². The van der Waals surface area contributed by atoms with Crippen molar-refractivity contribution in [1.29, 1.82) is 0 Å². The highest BCUT2D eigenvalue weighted by Gasteiger charge is 2.40. The molecule has 2 heterocycles. The number of cyclic esters (lactones) is 2. The summed E-state index contributed by atoms with van der Waals surface area (Å²) in [5.74, 6) is -0.0892. The molecular formula is C16H28O4. The number of hydrogen-bond donors (Lipinski definition) is 0. The summed E-state index contributed by atoms with van der Waals surface area (Å²) in [6.45, 7) is 12.4. The highest BCUT2D eigenvalue weighted by Crippen LogP contribution is 2.36. The van der Waals surface area contributed by atoms with E-state index in [1.165, 1.54) is 0 Å². The summed E-state index contributed by atoms with van der Waals surface area (Å²) in [7, 11) is 0. The van der Waals surface area contributed by atoms with Crippen molar-refractivity contribution in [3.05, 3.63) is 0 Å². The Bertz CT molecular complexity index is 335. The van der Waals surface area contributed by atoms with Crippen molar-refractivity contribution < 1.29 is 19.1 Å². The van der Waals surface area contributed by atoms with Crippen LogP contribution < -0.4 is 0 Å². The molecule has 0 bridgehead atoms. The molecule has 4 nitrogen and oxygen atoms in total. The molecule has 116 valence electrons. The van der Waals surface area contributed by atoms with Gasteiger partial charge >= 0.3 is 11.9 Å². The van der Waals surface area contributed by atoms with Crippen LogP contribution in [0.25, 0.3) is 0 Å². The lowest BCUT2D eigenvalue weighted by atomic mass is 9.84. The SMILES string of the molecule is CC[C@@H]1OC(=O)CC1(C)C.CC[C@H]1OC(=O)CC1(C)C. The van der Waals surface area contributed by atoms with Gasteiger partial charge in [0.05, 0.1) is 12.8 Å². The number of hydrogen-bond acceptors (Lipinski definition) is 4. The molecule has 20 heavy (non-hydrogen) atoms. The first-order valence-corrected chi connectivity index (χ1v) is 7.51. The van der Waals surface area contributed by atoms with E-state index in [9.17, 15) is 9.59 Å². The molecule has 0 spiro atoms. The molecule has 4 heteroatoms. The molecule has 0 aromatic rings. The van der Waals surface area contributed by atoms with Crippen LogP contribution in [0.15, 0.2) is 0 Å². The summed E-state index contributed by atoms with van der Waals surface area (Å²) in [6, 6.07) is 0. The number of ether oxygens (including phenoxy) is 2. The van der Waals surface area contributed by atoms with Crippen molar-refractivity contribution in [3.8, 4) is 0 Å². The van der Waals surface area contributed by atoms with Crippen LogP contribution in [0, 0.1) is 10.8 Å². The average molecular weight is 284 g/mol. The van der Waals surface area contributed by atoms with Gasteiger partial charge in [-0.3, -0.25) is 9.59 Å². The minimum Gasteiger partial charge on any atom is -0.462 e. The molecular weight excluding hydrogens is 256 g/mol. The Labute approximate surface area is 122 Å². The molecule has 2 atom stereocenters. The van der Waals surface area contributed by atoms with Gasteiger partial charge in [0.1, 0.15) is 12.2 Å². The maximum Gasteiger partial charge on any atom is 0.306 e. The van der Waals surface area contributed by atoms with Crippen LogP contribution in [0.1, 0.15) is 67.2 Å². The summed E-state index contributed by atoms with van der Waals surface area (Å²) in [6.07, 6.45) is 3.29. The van der Waals surface area contributed by atoms with Gasteiger partial charge in [0.25, 0.3) is 0 Å². The highest BCUT2D eigenvalue weighted by atomic mass is 16.6. The van der Waals surface area contributed by atoms with Gasteiger partial charge in [-0.05, 0) is 12.8 Å². The van der Waals surface area contributed by atoms with Crippen LogP contribution in [0.5, 0.6) is 0 Å². The topological polar surface area (TPSA) is 52.6 Å². The van der Waals surface area contributed by atoms with E-state index in [2.05, 4.69) is 27.7 Å². The van der Waals surface area contributed by atoms with Crippen LogP contribution in [-0.2, 0) is 19.1 Å². The van der Waals surface area contributed by atoms with E-state index >= 15 is 0 Å². The van der Waals surface area contributed by atoms with Crippen molar-refractivity contribution in [2.45, 2.75) is 79.4 Å². The molecule has 2 saturated heterocycles. The fourth-order valence-corrected chi connectivity index (χ4v) is 2.96. The van der Waals surface area contributed by atoms with Gasteiger partial charge < -0.3 is 9.47 Å². The van der Waals surface area contributed by atoms with Crippen molar-refractivity contribution in [2.75, 3.05) is 0 Å². The van der Waals surface area contributed by atoms with Crippen LogP contribution in [0.3, 0.4) is 0 Å². The smallest absolute Gasteiger partial charge is 0.306 e. The van der Waals surface area contributed by atoms with Gasteiger partial charge in [-0.1, -0.05) is 41.5 Å². The molecule has 0 amide bonds. The monoisotopic (exact) mass is 284 g/mol. The minimum atomic E-state index is -0.0446. The van der Waals surface area contributed by atoms with E-state index in [0.717, 1.165) is 12.8 Å². The van der Waals surface area contributed by atoms with Gasteiger partial charge in [0.15, 0.2) is 0 Å². The van der Waals surface area contributed by atoms with Gasteiger partial charge in [-0.15, -0.1) is 0 Å². The summed E-state index contributed by atoms with van der Waals surface area (Å²) in [5, 5.41) is 0. The van der Waals surface area contributed by atoms with Gasteiger partial charge in [0, 0.05) is 10.8 Å². The second-order valence-electron chi connectivity index (χ2n) is 7.10. The average Bonchev–Trinajstić information content (AvgIpc) is 2.73. The third kappa shape index (κ3) is 3.97. The van der Waals surface area contributed by atoms with Crippen molar-refractivity contribution in [2.24, 2.45) is 10.8 Å². The standard InChI is InChI=1S/2C8H14O2/c2*1-4-6-8(2,3)5-7(9)10-6/h2*6H,4-5H2,1-3H3/t2*6-/m10/s1. The quantitative estimate of drug-likeness (QED) is 0.728. The summed E-state index contributed by atoms with van der Waals surface area (Å²) < 4.78 is 10.2. The number of carbonyl (C=O) groups is 2. The number of carbonyl (C=O) groups excluding carboxylic acids is 2. The Morgan fingerprint density at radius 2 is 1.15 bits per heavy atom. The Morgan fingerprint density at radius 3 is 1.25 bits per heavy atom. The van der Waals surface area contributed by atoms with Crippen molar-refractivity contribution >= 4 is 11.9 Å². The molecule has 0 aliphatic carbocycles. The van der Waals surface area contributed by atoms with Gasteiger partial charge in [-0.2, -0.15) is 0 Å². The zero-order valence-corrected chi connectivity index (χ0v) is 13.6. The van der Waals surface area contributed by atoms with Gasteiger partial charge in [0.2, 0.25) is 0 Å². The van der Waals surface area contributed by atoms with E-state index < -0.39 is 0 Å². The highest BCUT2D eigenvalue weighted by molar-refractivity contribution is 5.73. The first kappa shape index (κ1) is 17.0. The van der Waals surface area contributed by atoms with E-state index in [0.29, 0.717) is 12.8 Å². The first-order chi connectivity index (χ1) is 9.12. The normalized spacial score (nSPS) is 30.3. The molecule has 2 aliphatic heterocycles. The first-order valence-electron chi connectivity index (χ1n) is 7.51. The van der Waals surface area contributed by atoms with Crippen LogP contribution in [0.4, 0.5) is 0 Å². The molecule has 0 aromatic heterocycles. The minimum absolute atomic E-state index is 0.0446.